The molecular formula is C17H31N3O3. The standard InChI is InChI=1S/C17H31N3O3/c1-11(2)14(18)17(23)20-10-6-9-13(20)15(21)16(22)19-12-7-4-3-5-8-12/h11-15,21H,3-10,18H2,1-2H3,(H,19,22)/t13-,14-,15?/m0/s1. The fraction of sp³-hybridized carbons (Fsp3) is 0.882. The van der Waals surface area contributed by atoms with Crippen LogP contribution in [-0.4, -0.2) is 52.6 Å². The van der Waals surface area contributed by atoms with Crippen molar-refractivity contribution in [1.29, 1.82) is 0 Å². The smallest absolute Gasteiger partial charge is 0.251 e. The molecule has 1 unspecified atom stereocenters. The second kappa shape index (κ2) is 8.11. The van der Waals surface area contributed by atoms with Crippen LogP contribution in [0.25, 0.3) is 0 Å². The van der Waals surface area contributed by atoms with Gasteiger partial charge >= 0.3 is 0 Å². The molecule has 2 aliphatic rings. The van der Waals surface area contributed by atoms with Crippen molar-refractivity contribution < 1.29 is 14.7 Å². The number of hydrogen-bond donors (Lipinski definition) is 3. The summed E-state index contributed by atoms with van der Waals surface area (Å²) >= 11 is 0. The molecule has 2 rings (SSSR count). The van der Waals surface area contributed by atoms with Gasteiger partial charge in [0, 0.05) is 12.6 Å². The van der Waals surface area contributed by atoms with Crippen LogP contribution in [0, 0.1) is 5.92 Å². The molecule has 1 aliphatic heterocycles. The number of amides is 2. The molecule has 0 bridgehead atoms. The van der Waals surface area contributed by atoms with Gasteiger partial charge in [0.25, 0.3) is 5.91 Å². The van der Waals surface area contributed by atoms with Gasteiger partial charge in [0.15, 0.2) is 6.10 Å². The number of nitrogens with zero attached hydrogens (tertiary/aromatic N) is 1. The third kappa shape index (κ3) is 4.44. The predicted octanol–water partition coefficient (Wildman–Crippen LogP) is 0.771. The molecule has 4 N–H and O–H groups in total. The lowest BCUT2D eigenvalue weighted by molar-refractivity contribution is -0.141. The molecule has 1 saturated carbocycles. The molecule has 23 heavy (non-hydrogen) atoms. The van der Waals surface area contributed by atoms with Crippen LogP contribution in [-0.2, 0) is 9.59 Å². The first-order valence-corrected chi connectivity index (χ1v) is 8.96. The Morgan fingerprint density at radius 3 is 2.39 bits per heavy atom. The van der Waals surface area contributed by atoms with Crippen molar-refractivity contribution in [2.75, 3.05) is 6.54 Å². The highest BCUT2D eigenvalue weighted by Crippen LogP contribution is 2.23. The number of nitrogens with one attached hydrogen (secondary N) is 1. The number of carbonyl (C=O) groups is 2. The Labute approximate surface area is 138 Å². The summed E-state index contributed by atoms with van der Waals surface area (Å²) in [4.78, 5) is 26.4. The van der Waals surface area contributed by atoms with Crippen molar-refractivity contribution in [3.63, 3.8) is 0 Å². The minimum atomic E-state index is -1.16. The summed E-state index contributed by atoms with van der Waals surface area (Å²) in [5, 5.41) is 13.4. The largest absolute Gasteiger partial charge is 0.381 e. The van der Waals surface area contributed by atoms with E-state index in [-0.39, 0.29) is 23.8 Å². The van der Waals surface area contributed by atoms with Gasteiger partial charge in [-0.15, -0.1) is 0 Å². The Morgan fingerprint density at radius 2 is 1.78 bits per heavy atom. The number of nitrogens with two attached hydrogens (primary N) is 1. The van der Waals surface area contributed by atoms with Crippen molar-refractivity contribution in [2.45, 2.75) is 83.0 Å². The first-order valence-electron chi connectivity index (χ1n) is 8.96. The van der Waals surface area contributed by atoms with E-state index in [9.17, 15) is 14.7 Å². The quantitative estimate of drug-likeness (QED) is 0.696. The fourth-order valence-corrected chi connectivity index (χ4v) is 3.58. The molecule has 1 heterocycles. The molecule has 132 valence electrons. The Balaban J connectivity index is 1.95. The Kier molecular flexibility index (Phi) is 6.41. The van der Waals surface area contributed by atoms with E-state index in [1.165, 1.54) is 6.42 Å². The lowest BCUT2D eigenvalue weighted by atomic mass is 9.95. The summed E-state index contributed by atoms with van der Waals surface area (Å²) in [6.45, 7) is 4.37. The van der Waals surface area contributed by atoms with Crippen molar-refractivity contribution in [1.82, 2.24) is 10.2 Å². The highest BCUT2D eigenvalue weighted by atomic mass is 16.3. The Bertz CT molecular complexity index is 421. The predicted molar refractivity (Wildman–Crippen MR) is 88.6 cm³/mol. The van der Waals surface area contributed by atoms with Crippen LogP contribution in [0.15, 0.2) is 0 Å². The lowest BCUT2D eigenvalue weighted by Crippen LogP contribution is -2.55. The summed E-state index contributed by atoms with van der Waals surface area (Å²) in [5.74, 6) is -0.469. The van der Waals surface area contributed by atoms with Gasteiger partial charge in [-0.25, -0.2) is 0 Å². The van der Waals surface area contributed by atoms with E-state index in [4.69, 9.17) is 5.73 Å². The van der Waals surface area contributed by atoms with Gasteiger partial charge in [-0.3, -0.25) is 9.59 Å². The van der Waals surface area contributed by atoms with Crippen molar-refractivity contribution in [3.8, 4) is 0 Å². The maximum Gasteiger partial charge on any atom is 0.251 e. The number of aliphatic hydroxyl groups excluding tert-OH is 1. The average molecular weight is 325 g/mol. The van der Waals surface area contributed by atoms with Crippen LogP contribution in [0.4, 0.5) is 0 Å². The summed E-state index contributed by atoms with van der Waals surface area (Å²) in [6, 6.07) is -0.866. The summed E-state index contributed by atoms with van der Waals surface area (Å²) < 4.78 is 0. The highest BCUT2D eigenvalue weighted by molar-refractivity contribution is 5.85. The second-order valence-electron chi connectivity index (χ2n) is 7.30. The van der Waals surface area contributed by atoms with E-state index in [1.807, 2.05) is 13.8 Å². The number of rotatable bonds is 5. The van der Waals surface area contributed by atoms with Crippen LogP contribution < -0.4 is 11.1 Å². The minimum absolute atomic E-state index is 0.0389. The number of hydrogen-bond acceptors (Lipinski definition) is 4. The van der Waals surface area contributed by atoms with E-state index < -0.39 is 18.2 Å². The maximum atomic E-state index is 12.5. The van der Waals surface area contributed by atoms with E-state index in [0.717, 1.165) is 32.1 Å². The Hall–Kier alpha value is -1.14. The molecule has 6 nitrogen and oxygen atoms in total. The lowest BCUT2D eigenvalue weighted by Gasteiger charge is -2.32. The zero-order valence-electron chi connectivity index (χ0n) is 14.3. The first-order chi connectivity index (χ1) is 10.9. The number of likely N-dealkylation sites (tertiary alicyclic amines) is 1. The normalized spacial score (nSPS) is 25.4. The molecule has 1 saturated heterocycles. The molecule has 0 aromatic rings. The minimum Gasteiger partial charge on any atom is -0.381 e. The topological polar surface area (TPSA) is 95.7 Å². The van der Waals surface area contributed by atoms with Gasteiger partial charge in [0.1, 0.15) is 0 Å². The Morgan fingerprint density at radius 1 is 1.13 bits per heavy atom. The second-order valence-corrected chi connectivity index (χ2v) is 7.30. The van der Waals surface area contributed by atoms with Gasteiger partial charge in [0.05, 0.1) is 12.1 Å². The highest BCUT2D eigenvalue weighted by Gasteiger charge is 2.39. The molecule has 0 radical (unpaired) electrons. The van der Waals surface area contributed by atoms with Gasteiger partial charge in [-0.2, -0.15) is 0 Å². The zero-order valence-corrected chi connectivity index (χ0v) is 14.3. The third-order valence-corrected chi connectivity index (χ3v) is 5.17. The van der Waals surface area contributed by atoms with Crippen molar-refractivity contribution in [3.05, 3.63) is 0 Å². The summed E-state index contributed by atoms with van der Waals surface area (Å²) in [6.07, 6.45) is 5.70. The third-order valence-electron chi connectivity index (χ3n) is 5.17. The van der Waals surface area contributed by atoms with E-state index >= 15 is 0 Å². The average Bonchev–Trinajstić information content (AvgIpc) is 3.02. The van der Waals surface area contributed by atoms with Gasteiger partial charge in [-0.1, -0.05) is 33.1 Å². The van der Waals surface area contributed by atoms with Crippen LogP contribution in [0.5, 0.6) is 0 Å². The molecular weight excluding hydrogens is 294 g/mol. The molecule has 2 fully saturated rings. The molecule has 3 atom stereocenters. The molecule has 2 amide bonds. The monoisotopic (exact) mass is 325 g/mol. The molecule has 6 heteroatoms. The fourth-order valence-electron chi connectivity index (χ4n) is 3.58. The van der Waals surface area contributed by atoms with Gasteiger partial charge in [-0.05, 0) is 31.6 Å². The van der Waals surface area contributed by atoms with Crippen LogP contribution in [0.3, 0.4) is 0 Å². The van der Waals surface area contributed by atoms with E-state index in [1.54, 1.807) is 4.90 Å². The molecule has 1 aliphatic carbocycles. The SMILES string of the molecule is CC(C)[C@H](N)C(=O)N1CCC[C@H]1C(O)C(=O)NC1CCCCC1. The molecule has 0 aromatic heterocycles. The van der Waals surface area contributed by atoms with Gasteiger partial charge in [0.2, 0.25) is 5.91 Å². The summed E-state index contributed by atoms with van der Waals surface area (Å²) in [7, 11) is 0. The summed E-state index contributed by atoms with van der Waals surface area (Å²) in [5.41, 5.74) is 5.95. The number of carbonyl (C=O) groups excluding carboxylic acids is 2. The van der Waals surface area contributed by atoms with Crippen molar-refractivity contribution >= 4 is 11.8 Å². The van der Waals surface area contributed by atoms with Crippen LogP contribution in [0.1, 0.15) is 58.8 Å². The van der Waals surface area contributed by atoms with Gasteiger partial charge < -0.3 is 21.1 Å². The zero-order chi connectivity index (χ0) is 17.0. The van der Waals surface area contributed by atoms with Crippen LogP contribution >= 0.6 is 0 Å². The van der Waals surface area contributed by atoms with E-state index in [2.05, 4.69) is 5.32 Å². The first kappa shape index (κ1) is 18.2. The van der Waals surface area contributed by atoms with Crippen molar-refractivity contribution in [2.24, 2.45) is 11.7 Å². The number of aliphatic hydroxyl groups is 1. The van der Waals surface area contributed by atoms with Crippen LogP contribution in [0.2, 0.25) is 0 Å². The maximum absolute atomic E-state index is 12.5. The molecule has 0 spiro atoms. The molecule has 0 aromatic carbocycles. The van der Waals surface area contributed by atoms with E-state index in [0.29, 0.717) is 13.0 Å².